The molecule has 4 aliphatic rings. The minimum atomic E-state index is -0.606. The van der Waals surface area contributed by atoms with Gasteiger partial charge in [-0.05, 0) is 74.6 Å². The van der Waals surface area contributed by atoms with Gasteiger partial charge in [-0.3, -0.25) is 19.2 Å². The molecule has 3 aliphatic carbocycles. The average molecular weight is 520 g/mol. The first-order valence-electron chi connectivity index (χ1n) is 14.3. The monoisotopic (exact) mass is 519 g/mol. The lowest BCUT2D eigenvalue weighted by atomic mass is 9.66. The summed E-state index contributed by atoms with van der Waals surface area (Å²) in [7, 11) is 3.99. The zero-order valence-electron chi connectivity index (χ0n) is 22.9. The van der Waals surface area contributed by atoms with Gasteiger partial charge in [-0.25, -0.2) is 4.98 Å². The van der Waals surface area contributed by atoms with Crippen LogP contribution in [0.1, 0.15) is 68.8 Å². The number of aromatic nitrogens is 3. The molecule has 4 fully saturated rings. The third kappa shape index (κ3) is 4.59. The number of piperazine rings is 1. The fourth-order valence-corrected chi connectivity index (χ4v) is 6.95. The Labute approximate surface area is 225 Å². The van der Waals surface area contributed by atoms with Crippen LogP contribution in [0.4, 0.5) is 11.5 Å². The molecule has 9 heteroatoms. The average Bonchev–Trinajstić information content (AvgIpc) is 3.45. The Morgan fingerprint density at radius 2 is 1.84 bits per heavy atom. The molecule has 0 radical (unpaired) electrons. The Kier molecular flexibility index (Phi) is 6.45. The number of anilines is 2. The molecule has 1 spiro atoms. The van der Waals surface area contributed by atoms with Crippen LogP contribution in [0.3, 0.4) is 0 Å². The highest BCUT2D eigenvalue weighted by atomic mass is 16.2. The molecule has 0 bridgehead atoms. The van der Waals surface area contributed by atoms with Crippen molar-refractivity contribution in [2.75, 3.05) is 36.9 Å². The molecule has 6 rings (SSSR count). The second-order valence-corrected chi connectivity index (χ2v) is 12.5. The molecule has 2 aromatic heterocycles. The van der Waals surface area contributed by atoms with Crippen LogP contribution in [-0.4, -0.2) is 69.7 Å². The molecule has 2 amide bonds. The van der Waals surface area contributed by atoms with Crippen LogP contribution >= 0.6 is 0 Å². The van der Waals surface area contributed by atoms with E-state index in [4.69, 9.17) is 4.98 Å². The van der Waals surface area contributed by atoms with Crippen molar-refractivity contribution in [1.82, 2.24) is 25.0 Å². The highest BCUT2D eigenvalue weighted by Crippen LogP contribution is 2.58. The van der Waals surface area contributed by atoms with Gasteiger partial charge in [0.05, 0.1) is 11.9 Å². The number of amides is 2. The van der Waals surface area contributed by atoms with E-state index >= 15 is 0 Å². The van der Waals surface area contributed by atoms with Crippen molar-refractivity contribution in [3.05, 3.63) is 36.3 Å². The number of likely N-dealkylation sites (N-methyl/N-ethyl adjacent to an activating group) is 1. The first-order chi connectivity index (χ1) is 18.3. The normalized spacial score (nSPS) is 23.7. The predicted octanol–water partition coefficient (Wildman–Crippen LogP) is 3.44. The zero-order chi connectivity index (χ0) is 26.5. The van der Waals surface area contributed by atoms with Crippen molar-refractivity contribution in [1.29, 1.82) is 0 Å². The SMILES string of the molecule is CN1CCN(c2ccc(NC(=O)[C@@H](NC(=O)c3ccnn3C)C(C3CCC3)C3(C)CC3)cn2)CC12CCC2. The maximum atomic E-state index is 13.8. The molecule has 0 aromatic carbocycles. The molecule has 1 saturated heterocycles. The molecule has 1 aliphatic heterocycles. The summed E-state index contributed by atoms with van der Waals surface area (Å²) in [6.07, 6.45) is 12.8. The van der Waals surface area contributed by atoms with Gasteiger partial charge in [0.15, 0.2) is 0 Å². The first kappa shape index (κ1) is 25.3. The van der Waals surface area contributed by atoms with E-state index < -0.39 is 6.04 Å². The van der Waals surface area contributed by atoms with E-state index in [9.17, 15) is 9.59 Å². The lowest BCUT2D eigenvalue weighted by Crippen LogP contribution is -2.64. The van der Waals surface area contributed by atoms with Gasteiger partial charge in [-0.15, -0.1) is 0 Å². The minimum Gasteiger partial charge on any atom is -0.353 e. The van der Waals surface area contributed by atoms with Crippen LogP contribution in [0, 0.1) is 17.3 Å². The summed E-state index contributed by atoms with van der Waals surface area (Å²) in [6, 6.07) is 5.05. The van der Waals surface area contributed by atoms with Crippen molar-refractivity contribution >= 4 is 23.3 Å². The second-order valence-electron chi connectivity index (χ2n) is 12.5. The van der Waals surface area contributed by atoms with Gasteiger partial charge in [-0.2, -0.15) is 5.10 Å². The van der Waals surface area contributed by atoms with E-state index in [1.165, 1.54) is 25.7 Å². The van der Waals surface area contributed by atoms with Crippen molar-refractivity contribution in [3.63, 3.8) is 0 Å². The number of hydrogen-bond donors (Lipinski definition) is 2. The van der Waals surface area contributed by atoms with Crippen molar-refractivity contribution in [2.24, 2.45) is 24.3 Å². The number of pyridine rings is 1. The maximum Gasteiger partial charge on any atom is 0.270 e. The topological polar surface area (TPSA) is 95.4 Å². The molecule has 204 valence electrons. The number of nitrogens with one attached hydrogen (secondary N) is 2. The third-order valence-electron chi connectivity index (χ3n) is 10.1. The van der Waals surface area contributed by atoms with Crippen LogP contribution in [-0.2, 0) is 11.8 Å². The summed E-state index contributed by atoms with van der Waals surface area (Å²) < 4.78 is 1.55. The maximum absolute atomic E-state index is 13.8. The van der Waals surface area contributed by atoms with E-state index in [0.717, 1.165) is 51.1 Å². The number of carbonyl (C=O) groups excluding carboxylic acids is 2. The van der Waals surface area contributed by atoms with Crippen LogP contribution in [0.5, 0.6) is 0 Å². The van der Waals surface area contributed by atoms with Crippen molar-refractivity contribution in [2.45, 2.75) is 69.9 Å². The van der Waals surface area contributed by atoms with Gasteiger partial charge in [0, 0.05) is 38.4 Å². The number of hydrogen-bond acceptors (Lipinski definition) is 6. The zero-order valence-corrected chi connectivity index (χ0v) is 22.9. The molecular formula is C29H41N7O2. The summed E-state index contributed by atoms with van der Waals surface area (Å²) in [5, 5.41) is 10.4. The highest BCUT2D eigenvalue weighted by molar-refractivity contribution is 6.00. The fourth-order valence-electron chi connectivity index (χ4n) is 6.95. The number of nitrogens with zero attached hydrogens (tertiary/aromatic N) is 5. The molecule has 38 heavy (non-hydrogen) atoms. The van der Waals surface area contributed by atoms with Gasteiger partial charge in [0.2, 0.25) is 5.91 Å². The standard InChI is InChI=1S/C29H41N7O2/c1-28(13-14-28)24(20-6-4-7-20)25(33-26(37)22-10-15-31-35(22)3)27(38)32-21-8-9-23(30-18-21)36-17-16-34(2)29(19-36)11-5-12-29/h8-10,15,18,20,24-25H,4-7,11-14,16-17,19H2,1-3H3,(H,32,38)(H,33,37)/t24?,25-/m0/s1. The largest absolute Gasteiger partial charge is 0.353 e. The Balaban J connectivity index is 1.19. The van der Waals surface area contributed by atoms with E-state index in [-0.39, 0.29) is 23.1 Å². The van der Waals surface area contributed by atoms with E-state index in [0.29, 0.717) is 22.8 Å². The summed E-state index contributed by atoms with van der Waals surface area (Å²) >= 11 is 0. The molecule has 3 heterocycles. The van der Waals surface area contributed by atoms with Crippen LogP contribution in [0.25, 0.3) is 0 Å². The lowest BCUT2D eigenvalue weighted by Gasteiger charge is -2.55. The summed E-state index contributed by atoms with van der Waals surface area (Å²) in [4.78, 5) is 36.7. The van der Waals surface area contributed by atoms with E-state index in [1.54, 1.807) is 30.2 Å². The van der Waals surface area contributed by atoms with Gasteiger partial charge >= 0.3 is 0 Å². The highest BCUT2D eigenvalue weighted by Gasteiger charge is 2.54. The predicted molar refractivity (Wildman–Crippen MR) is 147 cm³/mol. The summed E-state index contributed by atoms with van der Waals surface area (Å²) in [6.45, 7) is 5.28. The third-order valence-corrected chi connectivity index (χ3v) is 10.1. The molecule has 2 atom stereocenters. The number of carbonyl (C=O) groups is 2. The van der Waals surface area contributed by atoms with Crippen LogP contribution in [0.2, 0.25) is 0 Å². The Morgan fingerprint density at radius 3 is 2.39 bits per heavy atom. The molecule has 9 nitrogen and oxygen atoms in total. The van der Waals surface area contributed by atoms with E-state index in [2.05, 4.69) is 39.5 Å². The van der Waals surface area contributed by atoms with Crippen molar-refractivity contribution in [3.8, 4) is 0 Å². The molecule has 2 N–H and O–H groups in total. The summed E-state index contributed by atoms with van der Waals surface area (Å²) in [5.74, 6) is 1.12. The molecule has 3 saturated carbocycles. The Bertz CT molecular complexity index is 1180. The van der Waals surface area contributed by atoms with Gasteiger partial charge in [0.25, 0.3) is 5.91 Å². The Morgan fingerprint density at radius 1 is 1.05 bits per heavy atom. The van der Waals surface area contributed by atoms with Gasteiger partial charge in [-0.1, -0.05) is 26.2 Å². The van der Waals surface area contributed by atoms with Crippen LogP contribution in [0.15, 0.2) is 30.6 Å². The van der Waals surface area contributed by atoms with Gasteiger partial charge in [0.1, 0.15) is 17.6 Å². The summed E-state index contributed by atoms with van der Waals surface area (Å²) in [5.41, 5.74) is 1.51. The quantitative estimate of drug-likeness (QED) is 0.555. The number of aryl methyl sites for hydroxylation is 1. The fraction of sp³-hybridized carbons (Fsp3) is 0.655. The van der Waals surface area contributed by atoms with Gasteiger partial charge < -0.3 is 15.5 Å². The Hall–Kier alpha value is -2.94. The number of rotatable bonds is 8. The van der Waals surface area contributed by atoms with E-state index in [1.807, 2.05) is 12.1 Å². The second kappa shape index (κ2) is 9.67. The smallest absolute Gasteiger partial charge is 0.270 e. The molecular weight excluding hydrogens is 478 g/mol. The van der Waals surface area contributed by atoms with Crippen LogP contribution < -0.4 is 15.5 Å². The lowest BCUT2D eigenvalue weighted by molar-refractivity contribution is -0.121. The minimum absolute atomic E-state index is 0.0911. The molecule has 1 unspecified atom stereocenters. The molecule has 2 aromatic rings. The first-order valence-corrected chi connectivity index (χ1v) is 14.3. The van der Waals surface area contributed by atoms with Crippen molar-refractivity contribution < 1.29 is 9.59 Å².